The van der Waals surface area contributed by atoms with Crippen LogP contribution in [0, 0.1) is 0 Å². The molecule has 16 heavy (non-hydrogen) atoms. The van der Waals surface area contributed by atoms with Gasteiger partial charge in [0.15, 0.2) is 5.78 Å². The third-order valence-electron chi connectivity index (χ3n) is 3.23. The van der Waals surface area contributed by atoms with E-state index in [1.807, 2.05) is 30.5 Å². The van der Waals surface area contributed by atoms with Gasteiger partial charge in [-0.25, -0.2) is 0 Å². The highest BCUT2D eigenvalue weighted by atomic mass is 16.1. The summed E-state index contributed by atoms with van der Waals surface area (Å²) in [6.45, 7) is 0.957. The lowest BCUT2D eigenvalue weighted by Crippen LogP contribution is -2.30. The Labute approximate surface area is 93.9 Å². The van der Waals surface area contributed by atoms with E-state index in [9.17, 15) is 4.79 Å². The maximum Gasteiger partial charge on any atom is 0.181 e. The zero-order chi connectivity index (χ0) is 11.0. The molecule has 3 rings (SSSR count). The van der Waals surface area contributed by atoms with Crippen molar-refractivity contribution in [2.24, 2.45) is 0 Å². The normalized spacial score (nSPS) is 20.4. The lowest BCUT2D eigenvalue weighted by Gasteiger charge is -2.07. The molecule has 1 atom stereocenters. The van der Waals surface area contributed by atoms with Gasteiger partial charge in [0, 0.05) is 22.7 Å². The van der Waals surface area contributed by atoms with E-state index in [-0.39, 0.29) is 11.8 Å². The van der Waals surface area contributed by atoms with Crippen LogP contribution >= 0.6 is 0 Å². The molecule has 0 saturated carbocycles. The Hall–Kier alpha value is -1.61. The lowest BCUT2D eigenvalue weighted by molar-refractivity contribution is 0.0954. The topological polar surface area (TPSA) is 44.9 Å². The molecule has 1 aromatic carbocycles. The summed E-state index contributed by atoms with van der Waals surface area (Å²) in [5.41, 5.74) is 1.85. The minimum Gasteiger partial charge on any atom is -0.360 e. The summed E-state index contributed by atoms with van der Waals surface area (Å²) >= 11 is 0. The average Bonchev–Trinajstić information content (AvgIpc) is 2.98. The predicted molar refractivity (Wildman–Crippen MR) is 63.7 cm³/mol. The zero-order valence-corrected chi connectivity index (χ0v) is 8.99. The first-order chi connectivity index (χ1) is 7.86. The monoisotopic (exact) mass is 214 g/mol. The Morgan fingerprint density at radius 3 is 3.00 bits per heavy atom. The van der Waals surface area contributed by atoms with Gasteiger partial charge >= 0.3 is 0 Å². The van der Waals surface area contributed by atoms with E-state index in [1.54, 1.807) is 0 Å². The second kappa shape index (κ2) is 3.76. The van der Waals surface area contributed by atoms with Crippen LogP contribution in [0.5, 0.6) is 0 Å². The minimum atomic E-state index is 0.0132. The molecule has 2 heterocycles. The maximum absolute atomic E-state index is 12.2. The van der Waals surface area contributed by atoms with Crippen molar-refractivity contribution in [3.8, 4) is 0 Å². The van der Waals surface area contributed by atoms with Crippen molar-refractivity contribution < 1.29 is 4.79 Å². The van der Waals surface area contributed by atoms with Crippen LogP contribution in [0.2, 0.25) is 0 Å². The van der Waals surface area contributed by atoms with E-state index in [4.69, 9.17) is 0 Å². The molecule has 2 N–H and O–H groups in total. The summed E-state index contributed by atoms with van der Waals surface area (Å²) in [5.74, 6) is 0.218. The third-order valence-corrected chi connectivity index (χ3v) is 3.23. The average molecular weight is 214 g/mol. The number of hydrogen-bond donors (Lipinski definition) is 2. The number of benzene rings is 1. The van der Waals surface area contributed by atoms with Gasteiger partial charge in [-0.2, -0.15) is 0 Å². The van der Waals surface area contributed by atoms with Gasteiger partial charge in [0.05, 0.1) is 6.04 Å². The van der Waals surface area contributed by atoms with Crippen molar-refractivity contribution in [2.75, 3.05) is 6.54 Å². The van der Waals surface area contributed by atoms with E-state index in [2.05, 4.69) is 10.3 Å². The SMILES string of the molecule is O=C(c1c[nH]c2ccccc12)[C@H]1CCCN1. The predicted octanol–water partition coefficient (Wildman–Crippen LogP) is 2.10. The van der Waals surface area contributed by atoms with Crippen molar-refractivity contribution in [1.29, 1.82) is 0 Å². The van der Waals surface area contributed by atoms with Gasteiger partial charge in [0.2, 0.25) is 0 Å². The van der Waals surface area contributed by atoms with E-state index in [0.717, 1.165) is 35.9 Å². The van der Waals surface area contributed by atoms with E-state index in [0.29, 0.717) is 0 Å². The first kappa shape index (κ1) is 9.60. The van der Waals surface area contributed by atoms with Crippen LogP contribution in [0.3, 0.4) is 0 Å². The van der Waals surface area contributed by atoms with Gasteiger partial charge in [0.1, 0.15) is 0 Å². The Kier molecular flexibility index (Phi) is 2.26. The van der Waals surface area contributed by atoms with Gasteiger partial charge in [-0.1, -0.05) is 18.2 Å². The van der Waals surface area contributed by atoms with Crippen molar-refractivity contribution in [3.63, 3.8) is 0 Å². The molecule has 3 heteroatoms. The summed E-state index contributed by atoms with van der Waals surface area (Å²) in [6, 6.07) is 7.94. The van der Waals surface area contributed by atoms with Crippen LogP contribution in [-0.4, -0.2) is 23.4 Å². The number of hydrogen-bond acceptors (Lipinski definition) is 2. The molecule has 0 unspecified atom stereocenters. The van der Waals surface area contributed by atoms with Crippen LogP contribution in [0.4, 0.5) is 0 Å². The summed E-state index contributed by atoms with van der Waals surface area (Å²) in [7, 11) is 0. The third kappa shape index (κ3) is 1.44. The fourth-order valence-corrected chi connectivity index (χ4v) is 2.37. The number of Topliss-reactive ketones (excluding diaryl/α,β-unsaturated/α-hetero) is 1. The number of aromatic nitrogens is 1. The summed E-state index contributed by atoms with van der Waals surface area (Å²) in [5, 5.41) is 4.27. The standard InChI is InChI=1S/C13H14N2O/c16-13(12-6-3-7-14-12)10-8-15-11-5-2-1-4-9(10)11/h1-2,4-5,8,12,14-15H,3,6-7H2/t12-/m1/s1. The zero-order valence-electron chi connectivity index (χ0n) is 8.99. The quantitative estimate of drug-likeness (QED) is 0.752. The van der Waals surface area contributed by atoms with Crippen LogP contribution in [0.25, 0.3) is 10.9 Å². The number of fused-ring (bicyclic) bond motifs is 1. The minimum absolute atomic E-state index is 0.0132. The molecule has 1 aliphatic heterocycles. The number of rotatable bonds is 2. The lowest BCUT2D eigenvalue weighted by atomic mass is 10.0. The molecule has 1 fully saturated rings. The molecule has 1 saturated heterocycles. The largest absolute Gasteiger partial charge is 0.360 e. The van der Waals surface area contributed by atoms with Crippen LogP contribution in [0.1, 0.15) is 23.2 Å². The molecule has 0 radical (unpaired) electrons. The molecular weight excluding hydrogens is 200 g/mol. The Morgan fingerprint density at radius 1 is 1.31 bits per heavy atom. The molecule has 0 spiro atoms. The van der Waals surface area contributed by atoms with Crippen molar-refractivity contribution in [2.45, 2.75) is 18.9 Å². The molecule has 1 aromatic heterocycles. The number of H-pyrrole nitrogens is 1. The summed E-state index contributed by atoms with van der Waals surface area (Å²) in [6.07, 6.45) is 3.88. The fourth-order valence-electron chi connectivity index (χ4n) is 2.37. The Morgan fingerprint density at radius 2 is 2.19 bits per heavy atom. The number of ketones is 1. The van der Waals surface area contributed by atoms with Gasteiger partial charge in [0.25, 0.3) is 0 Å². The van der Waals surface area contributed by atoms with E-state index < -0.39 is 0 Å². The number of nitrogens with one attached hydrogen (secondary N) is 2. The second-order valence-corrected chi connectivity index (χ2v) is 4.26. The summed E-state index contributed by atoms with van der Waals surface area (Å²) < 4.78 is 0. The number of carbonyl (C=O) groups is 1. The highest BCUT2D eigenvalue weighted by molar-refractivity contribution is 6.10. The van der Waals surface area contributed by atoms with E-state index >= 15 is 0 Å². The highest BCUT2D eigenvalue weighted by Crippen LogP contribution is 2.21. The molecule has 0 aliphatic carbocycles. The van der Waals surface area contributed by atoms with Crippen molar-refractivity contribution in [3.05, 3.63) is 36.0 Å². The van der Waals surface area contributed by atoms with Crippen molar-refractivity contribution in [1.82, 2.24) is 10.3 Å². The van der Waals surface area contributed by atoms with E-state index in [1.165, 1.54) is 0 Å². The molecule has 3 nitrogen and oxygen atoms in total. The van der Waals surface area contributed by atoms with Gasteiger partial charge < -0.3 is 10.3 Å². The number of carbonyl (C=O) groups excluding carboxylic acids is 1. The molecule has 2 aromatic rings. The molecule has 1 aliphatic rings. The number of para-hydroxylation sites is 1. The molecule has 0 bridgehead atoms. The smallest absolute Gasteiger partial charge is 0.181 e. The number of aromatic amines is 1. The van der Waals surface area contributed by atoms with Crippen LogP contribution in [-0.2, 0) is 0 Å². The van der Waals surface area contributed by atoms with Crippen molar-refractivity contribution >= 4 is 16.7 Å². The Balaban J connectivity index is 2.02. The second-order valence-electron chi connectivity index (χ2n) is 4.26. The van der Waals surface area contributed by atoms with Crippen LogP contribution in [0.15, 0.2) is 30.5 Å². The summed E-state index contributed by atoms with van der Waals surface area (Å²) in [4.78, 5) is 15.4. The van der Waals surface area contributed by atoms with Gasteiger partial charge in [-0.15, -0.1) is 0 Å². The van der Waals surface area contributed by atoms with Gasteiger partial charge in [-0.05, 0) is 25.5 Å². The first-order valence-corrected chi connectivity index (χ1v) is 5.70. The highest BCUT2D eigenvalue weighted by Gasteiger charge is 2.24. The fraction of sp³-hybridized carbons (Fsp3) is 0.308. The molecule has 82 valence electrons. The maximum atomic E-state index is 12.2. The first-order valence-electron chi connectivity index (χ1n) is 5.70. The Bertz CT molecular complexity index is 523. The van der Waals surface area contributed by atoms with Gasteiger partial charge in [-0.3, -0.25) is 4.79 Å². The van der Waals surface area contributed by atoms with Crippen LogP contribution < -0.4 is 5.32 Å². The molecule has 0 amide bonds. The molecular formula is C13H14N2O.